The predicted molar refractivity (Wildman–Crippen MR) is 124 cm³/mol. The monoisotopic (exact) mass is 491 g/mol. The van der Waals surface area contributed by atoms with Crippen molar-refractivity contribution in [2.75, 3.05) is 31.5 Å². The molecule has 32 heavy (non-hydrogen) atoms. The second kappa shape index (κ2) is 8.54. The van der Waals surface area contributed by atoms with Gasteiger partial charge in [-0.2, -0.15) is 4.31 Å². The van der Waals surface area contributed by atoms with Crippen molar-refractivity contribution in [3.8, 4) is 11.5 Å². The van der Waals surface area contributed by atoms with Crippen molar-refractivity contribution in [1.29, 1.82) is 0 Å². The predicted octanol–water partition coefficient (Wildman–Crippen LogP) is 3.79. The van der Waals surface area contributed by atoms with Gasteiger partial charge in [0, 0.05) is 36.0 Å². The molecule has 0 atom stereocenters. The fraction of sp³-hybridized carbons (Fsp3) is 0.333. The molecule has 0 unspecified atom stereocenters. The van der Waals surface area contributed by atoms with Crippen LogP contribution >= 0.6 is 23.1 Å². The lowest BCUT2D eigenvalue weighted by Crippen LogP contribution is -2.41. The number of aromatic nitrogens is 1. The van der Waals surface area contributed by atoms with Crippen LogP contribution in [0.15, 0.2) is 46.2 Å². The Morgan fingerprint density at radius 3 is 2.66 bits per heavy atom. The summed E-state index contributed by atoms with van der Waals surface area (Å²) in [6, 6.07) is 10.7. The van der Waals surface area contributed by atoms with E-state index in [-0.39, 0.29) is 18.6 Å². The molecule has 1 amide bonds. The molecule has 0 radical (unpaired) electrons. The average Bonchev–Trinajstić information content (AvgIpc) is 3.42. The first kappa shape index (κ1) is 21.5. The number of nitrogens with one attached hydrogen (secondary N) is 1. The summed E-state index contributed by atoms with van der Waals surface area (Å²) >= 11 is 2.78. The maximum Gasteiger partial charge on any atom is 0.244 e. The summed E-state index contributed by atoms with van der Waals surface area (Å²) in [5, 5.41) is 3.41. The van der Waals surface area contributed by atoms with Gasteiger partial charge in [-0.15, -0.1) is 11.8 Å². The second-order valence-electron chi connectivity index (χ2n) is 7.51. The molecule has 2 aliphatic heterocycles. The molecule has 1 N–H and O–H groups in total. The molecule has 1 aromatic heterocycles. The first-order valence-corrected chi connectivity index (χ1v) is 13.6. The van der Waals surface area contributed by atoms with Crippen LogP contribution in [0.5, 0.6) is 11.5 Å². The van der Waals surface area contributed by atoms with E-state index in [1.54, 1.807) is 18.2 Å². The van der Waals surface area contributed by atoms with E-state index in [0.717, 1.165) is 15.1 Å². The smallest absolute Gasteiger partial charge is 0.244 e. The molecule has 3 heterocycles. The highest BCUT2D eigenvalue weighted by Gasteiger charge is 2.33. The number of amides is 1. The van der Waals surface area contributed by atoms with Crippen molar-refractivity contribution in [2.24, 2.45) is 5.92 Å². The highest BCUT2D eigenvalue weighted by molar-refractivity contribution is 7.99. The number of hydrogen-bond acceptors (Lipinski definition) is 8. The Morgan fingerprint density at radius 1 is 1.19 bits per heavy atom. The topological polar surface area (TPSA) is 97.8 Å². The first-order chi connectivity index (χ1) is 15.5. The van der Waals surface area contributed by atoms with Gasteiger partial charge in [0.2, 0.25) is 22.7 Å². The minimum Gasteiger partial charge on any atom is -0.454 e. The molecule has 1 fully saturated rings. The van der Waals surface area contributed by atoms with Gasteiger partial charge in [0.05, 0.1) is 15.1 Å². The quantitative estimate of drug-likeness (QED) is 0.542. The number of thiazole rings is 1. The number of piperidine rings is 1. The van der Waals surface area contributed by atoms with E-state index in [1.807, 2.05) is 24.5 Å². The average molecular weight is 492 g/mol. The minimum atomic E-state index is -3.59. The number of hydrogen-bond donors (Lipinski definition) is 1. The fourth-order valence-corrected chi connectivity index (χ4v) is 7.38. The van der Waals surface area contributed by atoms with Crippen LogP contribution in [0, 0.1) is 5.92 Å². The van der Waals surface area contributed by atoms with Crippen LogP contribution in [0.1, 0.15) is 12.8 Å². The molecule has 0 bridgehead atoms. The number of carbonyl (C=O) groups excluding carboxylic acids is 1. The van der Waals surface area contributed by atoms with E-state index in [4.69, 9.17) is 9.47 Å². The molecule has 5 rings (SSSR count). The summed E-state index contributed by atoms with van der Waals surface area (Å²) in [7, 11) is -3.59. The lowest BCUT2D eigenvalue weighted by Gasteiger charge is -2.30. The molecular formula is C21H21N3O5S3. The molecule has 0 spiro atoms. The highest BCUT2D eigenvalue weighted by atomic mass is 32.2. The van der Waals surface area contributed by atoms with E-state index in [0.29, 0.717) is 47.5 Å². The maximum absolute atomic E-state index is 13.1. The first-order valence-electron chi connectivity index (χ1n) is 10.1. The Kier molecular flexibility index (Phi) is 5.74. The molecule has 168 valence electrons. The van der Waals surface area contributed by atoms with Crippen LogP contribution in [-0.2, 0) is 14.8 Å². The van der Waals surface area contributed by atoms with Crippen LogP contribution in [0.25, 0.3) is 10.2 Å². The minimum absolute atomic E-state index is 0.134. The van der Waals surface area contributed by atoms with Crippen molar-refractivity contribution in [3.63, 3.8) is 0 Å². The number of thioether (sulfide) groups is 1. The molecule has 1 saturated heterocycles. The SMILES string of the molecule is CSc1ccccc1S(=O)(=O)N1CCC(C(=O)Nc2nc3cc4c(cc3s2)OCO4)CC1. The lowest BCUT2D eigenvalue weighted by molar-refractivity contribution is -0.120. The summed E-state index contributed by atoms with van der Waals surface area (Å²) in [4.78, 5) is 18.3. The Morgan fingerprint density at radius 2 is 1.91 bits per heavy atom. The highest BCUT2D eigenvalue weighted by Crippen LogP contribution is 2.39. The summed E-state index contributed by atoms with van der Waals surface area (Å²) in [5.41, 5.74) is 0.739. The Hall–Kier alpha value is -2.34. The number of rotatable bonds is 5. The van der Waals surface area contributed by atoms with Crippen LogP contribution in [0.3, 0.4) is 0 Å². The molecule has 2 aromatic carbocycles. The van der Waals surface area contributed by atoms with Gasteiger partial charge >= 0.3 is 0 Å². The van der Waals surface area contributed by atoms with Gasteiger partial charge in [0.25, 0.3) is 0 Å². The molecular weight excluding hydrogens is 470 g/mol. The lowest BCUT2D eigenvalue weighted by atomic mass is 9.97. The second-order valence-corrected chi connectivity index (χ2v) is 11.3. The zero-order chi connectivity index (χ0) is 22.3. The third kappa shape index (κ3) is 3.94. The van der Waals surface area contributed by atoms with Crippen molar-refractivity contribution in [1.82, 2.24) is 9.29 Å². The zero-order valence-corrected chi connectivity index (χ0v) is 19.7. The third-order valence-electron chi connectivity index (χ3n) is 5.62. The number of benzene rings is 2. The van der Waals surface area contributed by atoms with Crippen molar-refractivity contribution < 1.29 is 22.7 Å². The molecule has 8 nitrogen and oxygen atoms in total. The fourth-order valence-electron chi connectivity index (χ4n) is 3.91. The molecule has 11 heteroatoms. The van der Waals surface area contributed by atoms with E-state index in [9.17, 15) is 13.2 Å². The van der Waals surface area contributed by atoms with Gasteiger partial charge in [-0.25, -0.2) is 13.4 Å². The maximum atomic E-state index is 13.1. The van der Waals surface area contributed by atoms with Crippen molar-refractivity contribution in [2.45, 2.75) is 22.6 Å². The Labute approximate surface area is 194 Å². The Balaban J connectivity index is 1.24. The van der Waals surface area contributed by atoms with Gasteiger partial charge in [-0.05, 0) is 31.2 Å². The molecule has 2 aliphatic rings. The summed E-state index contributed by atoms with van der Waals surface area (Å²) < 4.78 is 39.3. The van der Waals surface area contributed by atoms with Gasteiger partial charge < -0.3 is 14.8 Å². The van der Waals surface area contributed by atoms with Crippen molar-refractivity contribution >= 4 is 54.4 Å². The number of ether oxygens (including phenoxy) is 2. The normalized spacial score (nSPS) is 17.0. The molecule has 0 saturated carbocycles. The largest absolute Gasteiger partial charge is 0.454 e. The van der Waals surface area contributed by atoms with E-state index < -0.39 is 10.0 Å². The van der Waals surface area contributed by atoms with E-state index >= 15 is 0 Å². The number of anilines is 1. The van der Waals surface area contributed by atoms with Gasteiger partial charge in [0.1, 0.15) is 0 Å². The Bertz CT molecular complexity index is 1240. The summed E-state index contributed by atoms with van der Waals surface area (Å²) in [5.74, 6) is 0.930. The van der Waals surface area contributed by atoms with Crippen LogP contribution in [0.4, 0.5) is 5.13 Å². The number of carbonyl (C=O) groups is 1. The summed E-state index contributed by atoms with van der Waals surface area (Å²) in [6.07, 6.45) is 2.79. The third-order valence-corrected chi connectivity index (χ3v) is 9.44. The van der Waals surface area contributed by atoms with Gasteiger partial charge in [0.15, 0.2) is 16.6 Å². The molecule has 3 aromatic rings. The van der Waals surface area contributed by atoms with Crippen molar-refractivity contribution in [3.05, 3.63) is 36.4 Å². The zero-order valence-electron chi connectivity index (χ0n) is 17.2. The van der Waals surface area contributed by atoms with Crippen LogP contribution < -0.4 is 14.8 Å². The number of fused-ring (bicyclic) bond motifs is 2. The molecule has 0 aliphatic carbocycles. The van der Waals surface area contributed by atoms with Gasteiger partial charge in [-0.1, -0.05) is 23.5 Å². The summed E-state index contributed by atoms with van der Waals surface area (Å²) in [6.45, 7) is 0.822. The number of nitrogens with zero attached hydrogens (tertiary/aromatic N) is 2. The number of sulfonamides is 1. The van der Waals surface area contributed by atoms with Crippen LogP contribution in [-0.4, -0.2) is 49.8 Å². The van der Waals surface area contributed by atoms with Crippen LogP contribution in [0.2, 0.25) is 0 Å². The standard InChI is InChI=1S/C21H21N3O5S3/c1-30-17-4-2-3-5-19(17)32(26,27)24-8-6-13(7-9-24)20(25)23-21-22-14-10-15-16(29-12-28-15)11-18(14)31-21/h2-5,10-11,13H,6-9,12H2,1H3,(H,22,23,25). The van der Waals surface area contributed by atoms with Gasteiger partial charge in [-0.3, -0.25) is 4.79 Å². The van der Waals surface area contributed by atoms with E-state index in [1.165, 1.54) is 27.4 Å². The van der Waals surface area contributed by atoms with E-state index in [2.05, 4.69) is 10.3 Å².